The van der Waals surface area contributed by atoms with Gasteiger partial charge in [-0.1, -0.05) is 29.3 Å². The molecule has 14 heavy (non-hydrogen) atoms. The Kier molecular flexibility index (Phi) is 7.70. The molecular weight excluding hydrogens is 286 g/mol. The molecule has 0 aliphatic heterocycles. The van der Waals surface area contributed by atoms with Crippen molar-refractivity contribution >= 4 is 58.1 Å². The Morgan fingerprint density at radius 1 is 1.36 bits per heavy atom. The first-order chi connectivity index (χ1) is 6.04. The smallest absolute Gasteiger partial charge is 0.409 e. The summed E-state index contributed by atoms with van der Waals surface area (Å²) in [5.74, 6) is 5.56. The van der Waals surface area contributed by atoms with Crippen LogP contribution in [0.25, 0.3) is 0 Å². The van der Waals surface area contributed by atoms with E-state index in [-0.39, 0.29) is 55.7 Å². The minimum Gasteiger partial charge on any atom is -0.409 e. The maximum absolute atomic E-state index is 5.86. The largest absolute Gasteiger partial charge is 1.00 e. The third-order valence-electron chi connectivity index (χ3n) is 1.38. The van der Waals surface area contributed by atoms with Gasteiger partial charge in [0, 0.05) is 0 Å². The molecule has 1 aromatic carbocycles. The van der Waals surface area contributed by atoms with Gasteiger partial charge >= 0.3 is 51.4 Å². The van der Waals surface area contributed by atoms with Crippen molar-refractivity contribution in [3.8, 4) is 0 Å². The molecule has 2 nitrogen and oxygen atoms in total. The number of hydrogen-bond donors (Lipinski definition) is 1. The van der Waals surface area contributed by atoms with E-state index in [1.54, 1.807) is 18.2 Å². The molecule has 0 spiro atoms. The first-order valence-electron chi connectivity index (χ1n) is 3.24. The van der Waals surface area contributed by atoms with E-state index >= 15 is 0 Å². The van der Waals surface area contributed by atoms with Crippen LogP contribution in [0.5, 0.6) is 0 Å². The van der Waals surface area contributed by atoms with Gasteiger partial charge in [-0.3, -0.25) is 5.01 Å². The number of benzene rings is 1. The number of halogens is 2. The average Bonchev–Trinajstić information content (AvgIpc) is 2.03. The molecule has 0 aliphatic rings. The van der Waals surface area contributed by atoms with Crippen LogP contribution in [-0.4, -0.2) is 4.32 Å². The van der Waals surface area contributed by atoms with Crippen LogP contribution in [0.1, 0.15) is 0 Å². The standard InChI is InChI=1S/C7H6Cl2N2S2.K/c8-4-2-1-3-5(9)6(4)11(10)7(12)13;/h1-3H,10H2,(H,12,13);/q;+1/p-1. The summed E-state index contributed by atoms with van der Waals surface area (Å²) in [7, 11) is 0. The molecule has 0 heterocycles. The topological polar surface area (TPSA) is 29.3 Å². The predicted octanol–water partition coefficient (Wildman–Crippen LogP) is -0.491. The molecule has 0 aromatic heterocycles. The number of rotatable bonds is 1. The molecule has 0 bridgehead atoms. The zero-order chi connectivity index (χ0) is 10.0. The van der Waals surface area contributed by atoms with E-state index < -0.39 is 0 Å². The molecular formula is C7H5Cl2KN2S2. The minimum atomic E-state index is 0. The van der Waals surface area contributed by atoms with Crippen molar-refractivity contribution in [2.45, 2.75) is 0 Å². The van der Waals surface area contributed by atoms with E-state index in [2.05, 4.69) is 0 Å². The zero-order valence-corrected chi connectivity index (χ0v) is 13.6. The molecule has 0 saturated carbocycles. The van der Waals surface area contributed by atoms with Crippen LogP contribution in [-0.2, 0) is 12.6 Å². The second-order valence-corrected chi connectivity index (χ2v) is 4.05. The second-order valence-electron chi connectivity index (χ2n) is 2.21. The van der Waals surface area contributed by atoms with E-state index in [0.717, 1.165) is 5.01 Å². The SMILES string of the molecule is NN(C(=S)[S-])c1c(Cl)cccc1Cl.[K+]. The van der Waals surface area contributed by atoms with E-state index in [0.29, 0.717) is 15.7 Å². The van der Waals surface area contributed by atoms with Gasteiger partial charge in [0.25, 0.3) is 0 Å². The van der Waals surface area contributed by atoms with Crippen molar-refractivity contribution in [3.63, 3.8) is 0 Å². The quantitative estimate of drug-likeness (QED) is 0.249. The van der Waals surface area contributed by atoms with Crippen LogP contribution in [0.3, 0.4) is 0 Å². The molecule has 0 atom stereocenters. The van der Waals surface area contributed by atoms with Gasteiger partial charge in [0.1, 0.15) is 0 Å². The number of hydrogen-bond acceptors (Lipinski definition) is 3. The Hall–Kier alpha value is 1.51. The van der Waals surface area contributed by atoms with E-state index in [9.17, 15) is 0 Å². The Balaban J connectivity index is 0.00000169. The fourth-order valence-electron chi connectivity index (χ4n) is 0.810. The molecule has 0 radical (unpaired) electrons. The van der Waals surface area contributed by atoms with Gasteiger partial charge in [-0.15, -0.1) is 0 Å². The molecule has 0 unspecified atom stereocenters. The summed E-state index contributed by atoms with van der Waals surface area (Å²) in [5, 5.41) is 1.94. The van der Waals surface area contributed by atoms with Gasteiger partial charge in [-0.25, -0.2) is 5.84 Å². The van der Waals surface area contributed by atoms with E-state index in [1.165, 1.54) is 0 Å². The molecule has 1 aromatic rings. The third-order valence-corrected chi connectivity index (χ3v) is 2.38. The Labute approximate surface area is 146 Å². The van der Waals surface area contributed by atoms with Crippen molar-refractivity contribution in [1.29, 1.82) is 0 Å². The van der Waals surface area contributed by atoms with Gasteiger partial charge in [0.2, 0.25) is 0 Å². The summed E-state index contributed by atoms with van der Waals surface area (Å²) in [5.41, 5.74) is 0.436. The molecule has 0 saturated heterocycles. The van der Waals surface area contributed by atoms with Crippen LogP contribution in [0.2, 0.25) is 10.0 Å². The van der Waals surface area contributed by atoms with Crippen molar-refractivity contribution in [2.24, 2.45) is 5.84 Å². The first-order valence-corrected chi connectivity index (χ1v) is 4.81. The zero-order valence-electron chi connectivity index (χ0n) is 7.33. The molecule has 0 fully saturated rings. The predicted molar refractivity (Wildman–Crippen MR) is 63.1 cm³/mol. The van der Waals surface area contributed by atoms with Crippen LogP contribution >= 0.6 is 35.4 Å². The van der Waals surface area contributed by atoms with Gasteiger partial charge < -0.3 is 24.8 Å². The molecule has 0 amide bonds. The maximum atomic E-state index is 5.86. The second kappa shape index (κ2) is 6.95. The van der Waals surface area contributed by atoms with E-state index in [4.69, 9.17) is 53.9 Å². The maximum Gasteiger partial charge on any atom is 1.00 e. The summed E-state index contributed by atoms with van der Waals surface area (Å²) >= 11 is 21.1. The third kappa shape index (κ3) is 3.82. The Morgan fingerprint density at radius 3 is 2.14 bits per heavy atom. The monoisotopic (exact) mass is 290 g/mol. The Morgan fingerprint density at radius 2 is 1.79 bits per heavy atom. The van der Waals surface area contributed by atoms with E-state index in [1.807, 2.05) is 0 Å². The summed E-state index contributed by atoms with van der Waals surface area (Å²) in [6, 6.07) is 5.04. The average molecular weight is 291 g/mol. The number of thiocarbonyl (C=S) groups is 1. The van der Waals surface area contributed by atoms with Crippen LogP contribution in [0.15, 0.2) is 18.2 Å². The fraction of sp³-hybridized carbons (Fsp3) is 0. The first kappa shape index (κ1) is 15.5. The number of nitrogens with two attached hydrogens (primary N) is 1. The Bertz CT molecular complexity index is 328. The van der Waals surface area contributed by atoms with Crippen molar-refractivity contribution < 1.29 is 51.4 Å². The van der Waals surface area contributed by atoms with Crippen LogP contribution < -0.4 is 62.2 Å². The van der Waals surface area contributed by atoms with Gasteiger partial charge in [-0.2, -0.15) is 0 Å². The number of anilines is 1. The van der Waals surface area contributed by atoms with Crippen LogP contribution in [0.4, 0.5) is 5.69 Å². The van der Waals surface area contributed by atoms with Gasteiger partial charge in [0.05, 0.1) is 15.7 Å². The number of hydrazine groups is 1. The van der Waals surface area contributed by atoms with Crippen molar-refractivity contribution in [2.75, 3.05) is 5.01 Å². The molecule has 7 heteroatoms. The summed E-state index contributed by atoms with van der Waals surface area (Å²) < 4.78 is 0.0926. The fourth-order valence-corrected chi connectivity index (χ4v) is 1.57. The van der Waals surface area contributed by atoms with Crippen molar-refractivity contribution in [3.05, 3.63) is 28.2 Å². The van der Waals surface area contributed by atoms with Crippen molar-refractivity contribution in [1.82, 2.24) is 0 Å². The minimum absolute atomic E-state index is 0. The molecule has 70 valence electrons. The summed E-state index contributed by atoms with van der Waals surface area (Å²) in [6.45, 7) is 0. The number of para-hydroxylation sites is 1. The molecule has 2 N–H and O–H groups in total. The molecule has 0 aliphatic carbocycles. The van der Waals surface area contributed by atoms with Crippen LogP contribution in [0, 0.1) is 0 Å². The summed E-state index contributed by atoms with van der Waals surface area (Å²) in [6.07, 6.45) is 0. The summed E-state index contributed by atoms with van der Waals surface area (Å²) in [4.78, 5) is 0. The number of nitrogens with zero attached hydrogens (tertiary/aromatic N) is 1. The molecule has 1 rings (SSSR count). The normalized spacial score (nSPS) is 9.07. The van der Waals surface area contributed by atoms with Gasteiger partial charge in [0.15, 0.2) is 0 Å². The van der Waals surface area contributed by atoms with Gasteiger partial charge in [-0.05, 0) is 16.5 Å².